The summed E-state index contributed by atoms with van der Waals surface area (Å²) in [7, 11) is 1.47. The molecule has 2 heterocycles. The zero-order valence-corrected chi connectivity index (χ0v) is 15.1. The lowest BCUT2D eigenvalue weighted by Crippen LogP contribution is -2.51. The van der Waals surface area contributed by atoms with E-state index in [0.29, 0.717) is 29.6 Å². The first-order chi connectivity index (χ1) is 11.1. The van der Waals surface area contributed by atoms with Crippen molar-refractivity contribution in [3.8, 4) is 0 Å². The number of fused-ring (bicyclic) bond motifs is 1. The molecule has 23 heavy (non-hydrogen) atoms. The second-order valence-electron chi connectivity index (χ2n) is 6.52. The minimum Gasteiger partial charge on any atom is -0.469 e. The average molecular weight is 360 g/mol. The van der Waals surface area contributed by atoms with Gasteiger partial charge in [-0.2, -0.15) is 5.01 Å². The van der Waals surface area contributed by atoms with Crippen molar-refractivity contribution in [3.63, 3.8) is 0 Å². The van der Waals surface area contributed by atoms with Crippen LogP contribution in [0.3, 0.4) is 0 Å². The van der Waals surface area contributed by atoms with Crippen LogP contribution in [0.15, 0.2) is 0 Å². The quantitative estimate of drug-likeness (QED) is 0.422. The van der Waals surface area contributed by atoms with Crippen molar-refractivity contribution >= 4 is 35.1 Å². The van der Waals surface area contributed by atoms with Crippen molar-refractivity contribution in [1.82, 2.24) is 26.6 Å². The standard InChI is InChI=1S/C14H25N5O2S2/c1-8-3-4-9-10(5-8)23-12(11(9)13(20)21-2)17-14(22)18-19-6-15-16-7-19/h8-12,15-16H,3-7H2,1-2H3,(H2,17,18,22). The minimum atomic E-state index is -0.128. The van der Waals surface area contributed by atoms with Crippen molar-refractivity contribution in [3.05, 3.63) is 0 Å². The van der Waals surface area contributed by atoms with Gasteiger partial charge in [0.2, 0.25) is 0 Å². The maximum Gasteiger partial charge on any atom is 0.311 e. The Morgan fingerprint density at radius 2 is 2.09 bits per heavy atom. The molecule has 2 aliphatic heterocycles. The van der Waals surface area contributed by atoms with Crippen molar-refractivity contribution in [2.75, 3.05) is 20.4 Å². The third-order valence-electron chi connectivity index (χ3n) is 4.89. The average Bonchev–Trinajstić information content (AvgIpc) is 3.13. The molecule has 1 aliphatic carbocycles. The molecule has 9 heteroatoms. The van der Waals surface area contributed by atoms with Crippen LogP contribution < -0.4 is 21.6 Å². The molecular weight excluding hydrogens is 334 g/mol. The van der Waals surface area contributed by atoms with Crippen molar-refractivity contribution in [2.45, 2.75) is 36.8 Å². The van der Waals surface area contributed by atoms with E-state index in [1.807, 2.05) is 16.8 Å². The first kappa shape index (κ1) is 17.2. The monoisotopic (exact) mass is 359 g/mol. The van der Waals surface area contributed by atoms with E-state index in [9.17, 15) is 4.79 Å². The van der Waals surface area contributed by atoms with Gasteiger partial charge in [-0.05, 0) is 36.9 Å². The number of hydrazine groups is 2. The van der Waals surface area contributed by atoms with Crippen LogP contribution in [-0.2, 0) is 9.53 Å². The number of thioether (sulfide) groups is 1. The van der Waals surface area contributed by atoms with E-state index in [1.54, 1.807) is 0 Å². The molecule has 0 bridgehead atoms. The molecule has 0 aromatic carbocycles. The second kappa shape index (κ2) is 7.52. The maximum absolute atomic E-state index is 12.3. The topological polar surface area (TPSA) is 77.7 Å². The van der Waals surface area contributed by atoms with Crippen LogP contribution in [0.5, 0.6) is 0 Å². The van der Waals surface area contributed by atoms with Gasteiger partial charge in [0.05, 0.1) is 31.7 Å². The van der Waals surface area contributed by atoms with Crippen LogP contribution in [0.2, 0.25) is 0 Å². The number of carbonyl (C=O) groups is 1. The number of nitrogens with zero attached hydrogens (tertiary/aromatic N) is 1. The molecule has 0 aromatic heterocycles. The third-order valence-corrected chi connectivity index (χ3v) is 6.69. The summed E-state index contributed by atoms with van der Waals surface area (Å²) in [5, 5.41) is 6.30. The first-order valence-electron chi connectivity index (χ1n) is 8.09. The number of nitrogens with one attached hydrogen (secondary N) is 4. The normalized spacial score (nSPS) is 37.2. The van der Waals surface area contributed by atoms with Gasteiger partial charge >= 0.3 is 5.97 Å². The summed E-state index contributed by atoms with van der Waals surface area (Å²) in [5.41, 5.74) is 9.14. The van der Waals surface area contributed by atoms with Crippen molar-refractivity contribution < 1.29 is 9.53 Å². The van der Waals surface area contributed by atoms with Crippen LogP contribution in [0.25, 0.3) is 0 Å². The van der Waals surface area contributed by atoms with Crippen LogP contribution in [-0.4, -0.2) is 47.2 Å². The van der Waals surface area contributed by atoms with Gasteiger partial charge in [-0.15, -0.1) is 11.8 Å². The van der Waals surface area contributed by atoms with Crippen molar-refractivity contribution in [1.29, 1.82) is 0 Å². The number of ether oxygens (including phenoxy) is 1. The van der Waals surface area contributed by atoms with Gasteiger partial charge in [0, 0.05) is 5.25 Å². The molecule has 4 N–H and O–H groups in total. The molecule has 5 atom stereocenters. The number of carbonyl (C=O) groups excluding carboxylic acids is 1. The Hall–Kier alpha value is -0.610. The van der Waals surface area contributed by atoms with E-state index in [0.717, 1.165) is 12.3 Å². The lowest BCUT2D eigenvalue weighted by Gasteiger charge is -2.31. The summed E-state index contributed by atoms with van der Waals surface area (Å²) in [6.45, 7) is 3.63. The Labute approximate surface area is 146 Å². The Morgan fingerprint density at radius 3 is 2.78 bits per heavy atom. The molecule has 2 saturated heterocycles. The molecule has 130 valence electrons. The molecule has 0 aromatic rings. The number of hydrogen-bond acceptors (Lipinski definition) is 7. The first-order valence-corrected chi connectivity index (χ1v) is 9.44. The Balaban J connectivity index is 1.63. The Morgan fingerprint density at radius 1 is 1.35 bits per heavy atom. The summed E-state index contributed by atoms with van der Waals surface area (Å²) in [4.78, 5) is 12.3. The minimum absolute atomic E-state index is 0.0220. The van der Waals surface area contributed by atoms with Crippen LogP contribution in [0.4, 0.5) is 0 Å². The summed E-state index contributed by atoms with van der Waals surface area (Å²) >= 11 is 7.25. The van der Waals surface area contributed by atoms with Gasteiger partial charge in [-0.3, -0.25) is 10.2 Å². The van der Waals surface area contributed by atoms with Crippen LogP contribution in [0, 0.1) is 17.8 Å². The summed E-state index contributed by atoms with van der Waals surface area (Å²) in [5.74, 6) is 0.869. The highest BCUT2D eigenvalue weighted by Crippen LogP contribution is 2.50. The molecule has 0 radical (unpaired) electrons. The molecular formula is C14H25N5O2S2. The second-order valence-corrected chi connectivity index (χ2v) is 8.31. The van der Waals surface area contributed by atoms with Gasteiger partial charge in [0.15, 0.2) is 5.11 Å². The van der Waals surface area contributed by atoms with Gasteiger partial charge in [0.1, 0.15) is 0 Å². The molecule has 1 saturated carbocycles. The number of rotatable bonds is 3. The van der Waals surface area contributed by atoms with Gasteiger partial charge in [-0.1, -0.05) is 13.3 Å². The number of esters is 1. The predicted molar refractivity (Wildman–Crippen MR) is 93.9 cm³/mol. The smallest absolute Gasteiger partial charge is 0.311 e. The largest absolute Gasteiger partial charge is 0.469 e. The van der Waals surface area contributed by atoms with Gasteiger partial charge in [0.25, 0.3) is 0 Å². The molecule has 0 spiro atoms. The molecule has 3 aliphatic rings. The number of methoxy groups -OCH3 is 1. The highest BCUT2D eigenvalue weighted by atomic mass is 32.2. The van der Waals surface area contributed by atoms with E-state index in [1.165, 1.54) is 20.0 Å². The summed E-state index contributed by atoms with van der Waals surface area (Å²) in [6, 6.07) is 0. The molecule has 0 amide bonds. The molecule has 5 unspecified atom stereocenters. The summed E-state index contributed by atoms with van der Waals surface area (Å²) < 4.78 is 5.07. The van der Waals surface area contributed by atoms with Crippen molar-refractivity contribution in [2.24, 2.45) is 17.8 Å². The molecule has 7 nitrogen and oxygen atoms in total. The van der Waals surface area contributed by atoms with Gasteiger partial charge < -0.3 is 10.1 Å². The number of thiocarbonyl (C=S) groups is 1. The zero-order valence-electron chi connectivity index (χ0n) is 13.5. The SMILES string of the molecule is COC(=O)C1C(NC(=S)NN2CNNC2)SC2CC(C)CCC21. The van der Waals surface area contributed by atoms with E-state index >= 15 is 0 Å². The van der Waals surface area contributed by atoms with Crippen LogP contribution >= 0.6 is 24.0 Å². The van der Waals surface area contributed by atoms with E-state index in [-0.39, 0.29) is 17.3 Å². The Bertz CT molecular complexity index is 460. The van der Waals surface area contributed by atoms with E-state index < -0.39 is 0 Å². The third kappa shape index (κ3) is 3.90. The lowest BCUT2D eigenvalue weighted by molar-refractivity contribution is -0.147. The maximum atomic E-state index is 12.3. The fourth-order valence-corrected chi connectivity index (χ4v) is 6.04. The number of hydrogen-bond donors (Lipinski definition) is 4. The molecule has 3 fully saturated rings. The van der Waals surface area contributed by atoms with E-state index in [4.69, 9.17) is 17.0 Å². The highest BCUT2D eigenvalue weighted by molar-refractivity contribution is 8.00. The molecule has 3 rings (SSSR count). The highest BCUT2D eigenvalue weighted by Gasteiger charge is 2.50. The zero-order chi connectivity index (χ0) is 16.4. The Kier molecular flexibility index (Phi) is 5.63. The fraction of sp³-hybridized carbons (Fsp3) is 0.857. The predicted octanol–water partition coefficient (Wildman–Crippen LogP) is 0.357. The summed E-state index contributed by atoms with van der Waals surface area (Å²) in [6.07, 6.45) is 3.45. The fourth-order valence-electron chi connectivity index (χ4n) is 3.72. The van der Waals surface area contributed by atoms with Crippen LogP contribution in [0.1, 0.15) is 26.2 Å². The lowest BCUT2D eigenvalue weighted by atomic mass is 9.76. The van der Waals surface area contributed by atoms with Gasteiger partial charge in [-0.25, -0.2) is 10.9 Å². The van der Waals surface area contributed by atoms with E-state index in [2.05, 4.69) is 28.5 Å².